The van der Waals surface area contributed by atoms with Crippen LogP contribution in [0.25, 0.3) is 44.5 Å². The van der Waals surface area contributed by atoms with Gasteiger partial charge in [-0.3, -0.25) is 0 Å². The Morgan fingerprint density at radius 1 is 0.289 bits per heavy atom. The van der Waals surface area contributed by atoms with Gasteiger partial charge in [-0.05, 0) is 255 Å². The van der Waals surface area contributed by atoms with Gasteiger partial charge in [0.15, 0.2) is 0 Å². The molecule has 0 atom stereocenters. The van der Waals surface area contributed by atoms with Crippen molar-refractivity contribution in [2.45, 2.75) is 6.42 Å². The highest BCUT2D eigenvalue weighted by Crippen LogP contribution is 2.40. The van der Waals surface area contributed by atoms with Crippen LogP contribution in [0.1, 0.15) is 11.1 Å². The summed E-state index contributed by atoms with van der Waals surface area (Å²) in [5.74, 6) is 0. The summed E-state index contributed by atoms with van der Waals surface area (Å²) in [6.07, 6.45) is 0.915. The monoisotopic (exact) mass is 1480 g/mol. The van der Waals surface area contributed by atoms with Crippen LogP contribution in [-0.4, -0.2) is 0 Å². The SMILES string of the molecule is Ic1cccc(-c2ccc(-c3ccc(Cc4ccc(-c5ccc(-c6cccc(I)c6I)c(I)c5I)cc4)cc3)c(I)c2I)c1I. The lowest BCUT2D eigenvalue weighted by Gasteiger charge is -2.14. The third kappa shape index (κ3) is 7.90. The fourth-order valence-corrected chi connectivity index (χ4v) is 10.6. The van der Waals surface area contributed by atoms with Gasteiger partial charge in [-0.15, -0.1) is 0 Å². The molecule has 224 valence electrons. The van der Waals surface area contributed by atoms with Crippen LogP contribution in [-0.2, 0) is 6.42 Å². The summed E-state index contributed by atoms with van der Waals surface area (Å²) in [4.78, 5) is 0. The first kappa shape index (κ1) is 36.0. The van der Waals surface area contributed by atoms with E-state index in [0.717, 1.165) is 6.42 Å². The van der Waals surface area contributed by atoms with Crippen LogP contribution in [0.4, 0.5) is 0 Å². The molecule has 0 aliphatic carbocycles. The van der Waals surface area contributed by atoms with Gasteiger partial charge >= 0.3 is 0 Å². The topological polar surface area (TPSA) is 0 Å². The average molecular weight is 1480 g/mol. The first-order valence-corrected chi connectivity index (χ1v) is 22.3. The average Bonchev–Trinajstić information content (AvgIpc) is 3.04. The zero-order chi connectivity index (χ0) is 31.8. The highest BCUT2D eigenvalue weighted by Gasteiger charge is 2.17. The standard InChI is InChI=1S/C37H20I8/c38-30-5-1-3-26(32(30)40)28-17-15-24(34(42)36(28)44)22-11-7-20(8-12-22)19-21-9-13-23(14-10-21)25-16-18-29(37(45)35(25)43)27-4-2-6-31(39)33(27)41/h1-18H,19H2. The summed E-state index contributed by atoms with van der Waals surface area (Å²) in [6.45, 7) is 0. The Bertz CT molecular complexity index is 1900. The van der Waals surface area contributed by atoms with Gasteiger partial charge in [-0.2, -0.15) is 0 Å². The first-order valence-electron chi connectivity index (χ1n) is 13.7. The lowest BCUT2D eigenvalue weighted by Crippen LogP contribution is -1.95. The molecule has 0 radical (unpaired) electrons. The van der Waals surface area contributed by atoms with E-state index < -0.39 is 0 Å². The summed E-state index contributed by atoms with van der Waals surface area (Å²) in [7, 11) is 0. The Labute approximate surface area is 373 Å². The maximum Gasteiger partial charge on any atom is 0.0349 e. The Kier molecular flexibility index (Phi) is 12.8. The maximum absolute atomic E-state index is 2.51. The van der Waals surface area contributed by atoms with E-state index in [9.17, 15) is 0 Å². The number of rotatable bonds is 6. The molecule has 45 heavy (non-hydrogen) atoms. The van der Waals surface area contributed by atoms with Crippen molar-refractivity contribution in [2.75, 3.05) is 0 Å². The molecule has 0 N–H and O–H groups in total. The van der Waals surface area contributed by atoms with Gasteiger partial charge in [-0.1, -0.05) is 97.1 Å². The molecular formula is C37H20I8. The van der Waals surface area contributed by atoms with Gasteiger partial charge in [0, 0.05) is 28.6 Å². The van der Waals surface area contributed by atoms with Crippen LogP contribution >= 0.6 is 181 Å². The minimum atomic E-state index is 0.915. The number of hydrogen-bond donors (Lipinski definition) is 0. The predicted molar refractivity (Wildman–Crippen MR) is 259 cm³/mol. The quantitative estimate of drug-likeness (QED) is 0.146. The molecule has 6 aromatic carbocycles. The van der Waals surface area contributed by atoms with Gasteiger partial charge in [-0.25, -0.2) is 0 Å². The second-order valence-electron chi connectivity index (χ2n) is 10.4. The van der Waals surface area contributed by atoms with Crippen LogP contribution in [0.3, 0.4) is 0 Å². The lowest BCUT2D eigenvalue weighted by atomic mass is 9.96. The molecule has 0 aromatic heterocycles. The highest BCUT2D eigenvalue weighted by molar-refractivity contribution is 14.1. The van der Waals surface area contributed by atoms with Crippen molar-refractivity contribution in [1.82, 2.24) is 0 Å². The number of benzene rings is 6. The fraction of sp³-hybridized carbons (Fsp3) is 0.0270. The van der Waals surface area contributed by atoms with E-state index in [1.54, 1.807) is 0 Å². The normalized spacial score (nSPS) is 11.2. The summed E-state index contributed by atoms with van der Waals surface area (Å²) >= 11 is 19.8. The van der Waals surface area contributed by atoms with Crippen molar-refractivity contribution in [3.8, 4) is 44.5 Å². The van der Waals surface area contributed by atoms with E-state index in [0.29, 0.717) is 0 Å². The minimum Gasteiger partial charge on any atom is -0.0605 e. The largest absolute Gasteiger partial charge is 0.0605 e. The summed E-state index contributed by atoms with van der Waals surface area (Å²) in [5.41, 5.74) is 12.9. The van der Waals surface area contributed by atoms with Gasteiger partial charge in [0.2, 0.25) is 0 Å². The van der Waals surface area contributed by atoms with E-state index in [-0.39, 0.29) is 0 Å². The van der Waals surface area contributed by atoms with Crippen LogP contribution in [0.15, 0.2) is 109 Å². The highest BCUT2D eigenvalue weighted by atomic mass is 127. The van der Waals surface area contributed by atoms with E-state index in [1.807, 2.05) is 0 Å². The molecule has 0 aliphatic rings. The van der Waals surface area contributed by atoms with Crippen molar-refractivity contribution in [3.05, 3.63) is 149 Å². The van der Waals surface area contributed by atoms with Crippen LogP contribution < -0.4 is 0 Å². The van der Waals surface area contributed by atoms with Gasteiger partial charge in [0.1, 0.15) is 0 Å². The van der Waals surface area contributed by atoms with Crippen molar-refractivity contribution in [2.24, 2.45) is 0 Å². The molecule has 0 spiro atoms. The Morgan fingerprint density at radius 2 is 0.600 bits per heavy atom. The Balaban J connectivity index is 1.19. The molecule has 6 rings (SSSR count). The fourth-order valence-electron chi connectivity index (χ4n) is 5.22. The lowest BCUT2D eigenvalue weighted by molar-refractivity contribution is 1.19. The molecule has 0 nitrogen and oxygen atoms in total. The smallest absolute Gasteiger partial charge is 0.0349 e. The van der Waals surface area contributed by atoms with Crippen molar-refractivity contribution >= 4 is 181 Å². The van der Waals surface area contributed by atoms with E-state index in [1.165, 1.54) is 84.2 Å². The minimum absolute atomic E-state index is 0.915. The molecule has 0 amide bonds. The molecule has 6 aromatic rings. The molecule has 0 saturated carbocycles. The second kappa shape index (κ2) is 16.0. The summed E-state index contributed by atoms with van der Waals surface area (Å²) in [5, 5.41) is 0. The third-order valence-electron chi connectivity index (χ3n) is 7.59. The summed E-state index contributed by atoms with van der Waals surface area (Å²) < 4.78 is 10.4. The zero-order valence-electron chi connectivity index (χ0n) is 23.1. The van der Waals surface area contributed by atoms with Crippen LogP contribution in [0.2, 0.25) is 0 Å². The zero-order valence-corrected chi connectivity index (χ0v) is 40.4. The Morgan fingerprint density at radius 3 is 0.978 bits per heavy atom. The molecule has 0 bridgehead atoms. The third-order valence-corrected chi connectivity index (χ3v) is 20.3. The molecular weight excluding hydrogens is 1460 g/mol. The van der Waals surface area contributed by atoms with E-state index >= 15 is 0 Å². The Hall–Kier alpha value is 1.16. The van der Waals surface area contributed by atoms with Crippen molar-refractivity contribution in [1.29, 1.82) is 0 Å². The summed E-state index contributed by atoms with van der Waals surface area (Å²) in [6, 6.07) is 40.4. The van der Waals surface area contributed by atoms with Gasteiger partial charge < -0.3 is 0 Å². The number of hydrogen-bond acceptors (Lipinski definition) is 0. The first-order chi connectivity index (χ1) is 21.6. The van der Waals surface area contributed by atoms with Crippen molar-refractivity contribution < 1.29 is 0 Å². The molecule has 8 heteroatoms. The second-order valence-corrected chi connectivity index (χ2v) is 19.1. The van der Waals surface area contributed by atoms with Gasteiger partial charge in [0.25, 0.3) is 0 Å². The van der Waals surface area contributed by atoms with Crippen LogP contribution in [0, 0.1) is 28.6 Å². The van der Waals surface area contributed by atoms with Crippen LogP contribution in [0.5, 0.6) is 0 Å². The molecule has 0 unspecified atom stereocenters. The predicted octanol–water partition coefficient (Wildman–Crippen LogP) is 14.8. The van der Waals surface area contributed by atoms with E-state index in [2.05, 4.69) is 290 Å². The molecule has 0 aliphatic heterocycles. The molecule has 0 fully saturated rings. The maximum atomic E-state index is 2.51. The van der Waals surface area contributed by atoms with E-state index in [4.69, 9.17) is 0 Å². The van der Waals surface area contributed by atoms with Crippen molar-refractivity contribution in [3.63, 3.8) is 0 Å². The molecule has 0 saturated heterocycles. The van der Waals surface area contributed by atoms with Gasteiger partial charge in [0.05, 0.1) is 0 Å². The molecule has 0 heterocycles. The number of halogens is 8.